The predicted octanol–water partition coefficient (Wildman–Crippen LogP) is 1.80. The quantitative estimate of drug-likeness (QED) is 0.622. The van der Waals surface area contributed by atoms with Crippen LogP contribution in [0.5, 0.6) is 0 Å². The van der Waals surface area contributed by atoms with E-state index < -0.39 is 0 Å². The number of nitrogens with zero attached hydrogens (tertiary/aromatic N) is 2. The highest BCUT2D eigenvalue weighted by Crippen LogP contribution is 2.18. The molecule has 0 saturated carbocycles. The number of aromatic nitrogens is 2. The Kier molecular flexibility index (Phi) is 4.10. The molecule has 1 N–H and O–H groups in total. The van der Waals surface area contributed by atoms with Crippen molar-refractivity contribution in [2.45, 2.75) is 32.1 Å². The molecule has 1 aliphatic carbocycles. The summed E-state index contributed by atoms with van der Waals surface area (Å²) in [4.78, 5) is 8.90. The van der Waals surface area contributed by atoms with Crippen molar-refractivity contribution in [3.8, 4) is 0 Å². The van der Waals surface area contributed by atoms with E-state index >= 15 is 0 Å². The number of methoxy groups -OCH3 is 1. The average molecular weight is 221 g/mol. The van der Waals surface area contributed by atoms with Crippen molar-refractivity contribution in [1.82, 2.24) is 9.97 Å². The Bertz CT molecular complexity index is 341. The molecule has 0 bridgehead atoms. The molecule has 0 aliphatic heterocycles. The fourth-order valence-corrected chi connectivity index (χ4v) is 2.00. The van der Waals surface area contributed by atoms with E-state index in [-0.39, 0.29) is 0 Å². The summed E-state index contributed by atoms with van der Waals surface area (Å²) in [6.07, 6.45) is 8.03. The number of hydrogen-bond donors (Lipinski definition) is 1. The van der Waals surface area contributed by atoms with Gasteiger partial charge in [-0.3, -0.25) is 0 Å². The third kappa shape index (κ3) is 2.92. The SMILES string of the molecule is COCCNc1ncc2c(n1)CCCCC2. The second-order valence-corrected chi connectivity index (χ2v) is 4.15. The highest BCUT2D eigenvalue weighted by atomic mass is 16.5. The molecule has 16 heavy (non-hydrogen) atoms. The Balaban J connectivity index is 2.02. The summed E-state index contributed by atoms with van der Waals surface area (Å²) in [5.74, 6) is 0.734. The summed E-state index contributed by atoms with van der Waals surface area (Å²) in [6.45, 7) is 1.44. The minimum absolute atomic E-state index is 0.681. The smallest absolute Gasteiger partial charge is 0.222 e. The zero-order valence-electron chi connectivity index (χ0n) is 9.83. The standard InChI is InChI=1S/C12H19N3O/c1-16-8-7-13-12-14-9-10-5-3-2-4-6-11(10)15-12/h9H,2-8H2,1H3,(H,13,14,15). The van der Waals surface area contributed by atoms with Crippen molar-refractivity contribution >= 4 is 5.95 Å². The summed E-state index contributed by atoms with van der Waals surface area (Å²) in [7, 11) is 1.69. The summed E-state index contributed by atoms with van der Waals surface area (Å²) >= 11 is 0. The van der Waals surface area contributed by atoms with E-state index in [4.69, 9.17) is 4.74 Å². The lowest BCUT2D eigenvalue weighted by molar-refractivity contribution is 0.210. The maximum absolute atomic E-state index is 4.98. The van der Waals surface area contributed by atoms with Gasteiger partial charge in [0.2, 0.25) is 5.95 Å². The zero-order chi connectivity index (χ0) is 11.2. The van der Waals surface area contributed by atoms with Crippen molar-refractivity contribution in [3.05, 3.63) is 17.5 Å². The molecule has 0 unspecified atom stereocenters. The highest BCUT2D eigenvalue weighted by Gasteiger charge is 2.10. The Morgan fingerprint density at radius 1 is 1.31 bits per heavy atom. The number of aryl methyl sites for hydroxylation is 2. The fourth-order valence-electron chi connectivity index (χ4n) is 2.00. The molecule has 1 aromatic rings. The van der Waals surface area contributed by atoms with Gasteiger partial charge in [-0.2, -0.15) is 0 Å². The van der Waals surface area contributed by atoms with E-state index in [0.29, 0.717) is 6.61 Å². The lowest BCUT2D eigenvalue weighted by Gasteiger charge is -2.08. The number of nitrogens with one attached hydrogen (secondary N) is 1. The van der Waals surface area contributed by atoms with E-state index in [0.717, 1.165) is 25.3 Å². The molecule has 0 spiro atoms. The van der Waals surface area contributed by atoms with Crippen LogP contribution in [-0.4, -0.2) is 30.2 Å². The Hall–Kier alpha value is -1.16. The van der Waals surface area contributed by atoms with E-state index in [1.54, 1.807) is 7.11 Å². The maximum atomic E-state index is 4.98. The van der Waals surface area contributed by atoms with Gasteiger partial charge in [0, 0.05) is 25.5 Å². The molecule has 0 aromatic carbocycles. The largest absolute Gasteiger partial charge is 0.383 e. The van der Waals surface area contributed by atoms with Crippen molar-refractivity contribution in [3.63, 3.8) is 0 Å². The Morgan fingerprint density at radius 3 is 3.06 bits per heavy atom. The molecule has 88 valence electrons. The van der Waals surface area contributed by atoms with Crippen LogP contribution >= 0.6 is 0 Å². The molecule has 1 heterocycles. The molecule has 0 radical (unpaired) electrons. The first-order valence-electron chi connectivity index (χ1n) is 5.98. The summed E-state index contributed by atoms with van der Waals surface area (Å²) in [6, 6.07) is 0. The van der Waals surface area contributed by atoms with E-state index in [9.17, 15) is 0 Å². The van der Waals surface area contributed by atoms with Crippen LogP contribution in [0, 0.1) is 0 Å². The average Bonchev–Trinajstić information content (AvgIpc) is 2.54. The van der Waals surface area contributed by atoms with E-state index in [1.807, 2.05) is 6.20 Å². The summed E-state index contributed by atoms with van der Waals surface area (Å²) < 4.78 is 4.98. The van der Waals surface area contributed by atoms with Gasteiger partial charge < -0.3 is 10.1 Å². The van der Waals surface area contributed by atoms with Crippen molar-refractivity contribution in [2.24, 2.45) is 0 Å². The first-order valence-corrected chi connectivity index (χ1v) is 5.98. The van der Waals surface area contributed by atoms with Crippen LogP contribution < -0.4 is 5.32 Å². The topological polar surface area (TPSA) is 47.0 Å². The highest BCUT2D eigenvalue weighted by molar-refractivity contribution is 5.30. The van der Waals surface area contributed by atoms with Crippen molar-refractivity contribution < 1.29 is 4.74 Å². The molecule has 0 fully saturated rings. The molecular weight excluding hydrogens is 202 g/mol. The molecule has 1 aromatic heterocycles. The maximum Gasteiger partial charge on any atom is 0.222 e. The van der Waals surface area contributed by atoms with Crippen LogP contribution in [0.4, 0.5) is 5.95 Å². The molecule has 0 saturated heterocycles. The van der Waals surface area contributed by atoms with Crippen molar-refractivity contribution in [1.29, 1.82) is 0 Å². The Labute approximate surface area is 96.4 Å². The van der Waals surface area contributed by atoms with E-state index in [1.165, 1.54) is 30.5 Å². The van der Waals surface area contributed by atoms with Crippen LogP contribution in [0.1, 0.15) is 30.5 Å². The summed E-state index contributed by atoms with van der Waals surface area (Å²) in [5, 5.41) is 3.17. The van der Waals surface area contributed by atoms with Gasteiger partial charge in [-0.1, -0.05) is 6.42 Å². The van der Waals surface area contributed by atoms with Crippen molar-refractivity contribution in [2.75, 3.05) is 25.6 Å². The van der Waals surface area contributed by atoms with Crippen LogP contribution in [0.15, 0.2) is 6.20 Å². The number of rotatable bonds is 4. The van der Waals surface area contributed by atoms with E-state index in [2.05, 4.69) is 15.3 Å². The molecular formula is C12H19N3O. The van der Waals surface area contributed by atoms with Gasteiger partial charge in [-0.25, -0.2) is 9.97 Å². The number of hydrogen-bond acceptors (Lipinski definition) is 4. The predicted molar refractivity (Wildman–Crippen MR) is 63.7 cm³/mol. The Morgan fingerprint density at radius 2 is 2.19 bits per heavy atom. The lowest BCUT2D eigenvalue weighted by atomic mass is 10.1. The first kappa shape index (κ1) is 11.3. The molecule has 4 nitrogen and oxygen atoms in total. The zero-order valence-corrected chi connectivity index (χ0v) is 9.83. The van der Waals surface area contributed by atoms with Gasteiger partial charge in [-0.15, -0.1) is 0 Å². The fraction of sp³-hybridized carbons (Fsp3) is 0.667. The van der Waals surface area contributed by atoms with Gasteiger partial charge >= 0.3 is 0 Å². The monoisotopic (exact) mass is 221 g/mol. The van der Waals surface area contributed by atoms with Gasteiger partial charge in [0.1, 0.15) is 0 Å². The molecule has 0 amide bonds. The number of anilines is 1. The summed E-state index contributed by atoms with van der Waals surface area (Å²) in [5.41, 5.74) is 2.56. The van der Waals surface area contributed by atoms with Gasteiger partial charge in [0.15, 0.2) is 0 Å². The van der Waals surface area contributed by atoms with Crippen LogP contribution in [0.25, 0.3) is 0 Å². The first-order chi connectivity index (χ1) is 7.90. The third-order valence-corrected chi connectivity index (χ3v) is 2.90. The van der Waals surface area contributed by atoms with Gasteiger partial charge in [0.25, 0.3) is 0 Å². The van der Waals surface area contributed by atoms with Gasteiger partial charge in [0.05, 0.1) is 6.61 Å². The molecule has 4 heteroatoms. The minimum Gasteiger partial charge on any atom is -0.383 e. The third-order valence-electron chi connectivity index (χ3n) is 2.90. The lowest BCUT2D eigenvalue weighted by Crippen LogP contribution is -2.11. The molecule has 1 aliphatic rings. The second kappa shape index (κ2) is 5.80. The van der Waals surface area contributed by atoms with Crippen LogP contribution in [-0.2, 0) is 17.6 Å². The number of ether oxygens (including phenoxy) is 1. The van der Waals surface area contributed by atoms with Crippen LogP contribution in [0.2, 0.25) is 0 Å². The molecule has 2 rings (SSSR count). The second-order valence-electron chi connectivity index (χ2n) is 4.15. The van der Waals surface area contributed by atoms with Crippen LogP contribution in [0.3, 0.4) is 0 Å². The number of fused-ring (bicyclic) bond motifs is 1. The normalized spacial score (nSPS) is 15.3. The van der Waals surface area contributed by atoms with Gasteiger partial charge in [-0.05, 0) is 31.2 Å². The minimum atomic E-state index is 0.681. The molecule has 0 atom stereocenters.